The summed E-state index contributed by atoms with van der Waals surface area (Å²) < 4.78 is 58.9. The maximum atomic E-state index is 10.7. The summed E-state index contributed by atoms with van der Waals surface area (Å²) in [7, 11) is -6.54. The Morgan fingerprint density at radius 2 is 0.778 bits per heavy atom. The Morgan fingerprint density at radius 1 is 0.511 bits per heavy atom. The number of alkyl halides is 3. The molecule has 0 aliphatic heterocycles. The van der Waals surface area contributed by atoms with Crippen molar-refractivity contribution in [3.63, 3.8) is 0 Å². The van der Waals surface area contributed by atoms with Crippen molar-refractivity contribution in [1.82, 2.24) is 9.97 Å². The van der Waals surface area contributed by atoms with Gasteiger partial charge in [0.05, 0.1) is 11.4 Å². The van der Waals surface area contributed by atoms with Gasteiger partial charge in [-0.1, -0.05) is 103 Å². The van der Waals surface area contributed by atoms with E-state index in [1.165, 1.54) is 15.9 Å². The van der Waals surface area contributed by atoms with Crippen LogP contribution in [0.4, 0.5) is 13.2 Å². The second-order valence-electron chi connectivity index (χ2n) is 8.63. The van der Waals surface area contributed by atoms with Crippen LogP contribution in [0.3, 0.4) is 0 Å². The number of rotatable bonds is 4. The van der Waals surface area contributed by atoms with E-state index in [9.17, 15) is 13.2 Å². The summed E-state index contributed by atoms with van der Waals surface area (Å²) in [6.07, 6.45) is 13.5. The standard InChI is InChI=1S/C18H15P.C10H8N2.C5H5.CHF3O3S.Ru/c1-4-10-16(11-5-1)19(17-12-6-2-7-13-17)18-14-8-3-9-15-18;1-3-7-11-9(5-1)10-6-2-4-8-12-10;1-2-4-5-3-1;2-1(3,4)8(5,6)7;/h1-15H;1-8H;1-5H;(H,5,6,7);/q;;;;+2/p-1. The van der Waals surface area contributed by atoms with Crippen LogP contribution in [0, 0.1) is 32.1 Å². The molecule has 0 unspecified atom stereocenters. The fourth-order valence-corrected chi connectivity index (χ4v) is 5.83. The van der Waals surface area contributed by atoms with Gasteiger partial charge < -0.3 is 4.55 Å². The van der Waals surface area contributed by atoms with E-state index in [1.807, 2.05) is 68.5 Å². The van der Waals surface area contributed by atoms with E-state index in [1.54, 1.807) is 12.4 Å². The molecule has 0 N–H and O–H groups in total. The van der Waals surface area contributed by atoms with E-state index in [0.717, 1.165) is 11.4 Å². The first-order valence-corrected chi connectivity index (χ1v) is 15.9. The van der Waals surface area contributed by atoms with Gasteiger partial charge in [-0.2, -0.15) is 13.2 Å². The van der Waals surface area contributed by atoms with Crippen molar-refractivity contribution in [1.29, 1.82) is 0 Å². The van der Waals surface area contributed by atoms with Crippen LogP contribution in [0.15, 0.2) is 140 Å². The van der Waals surface area contributed by atoms with Gasteiger partial charge in [-0.25, -0.2) is 8.42 Å². The van der Waals surface area contributed by atoms with Crippen molar-refractivity contribution in [2.45, 2.75) is 5.51 Å². The minimum Gasteiger partial charge on any atom is -0.741 e. The quantitative estimate of drug-likeness (QED) is 0.0894. The zero-order valence-corrected chi connectivity index (χ0v) is 27.1. The Balaban J connectivity index is 0.000000232. The maximum Gasteiger partial charge on any atom is 2.00 e. The van der Waals surface area contributed by atoms with Gasteiger partial charge in [0.25, 0.3) is 0 Å². The molecule has 0 saturated heterocycles. The van der Waals surface area contributed by atoms with Crippen LogP contribution in [0.1, 0.15) is 0 Å². The van der Waals surface area contributed by atoms with E-state index in [2.05, 4.69) is 101 Å². The summed E-state index contributed by atoms with van der Waals surface area (Å²) in [6, 6.07) is 43.9. The van der Waals surface area contributed by atoms with Crippen molar-refractivity contribution in [3.05, 3.63) is 172 Å². The molecule has 5 radical (unpaired) electrons. The van der Waals surface area contributed by atoms with Crippen LogP contribution in [0.25, 0.3) is 11.4 Å². The van der Waals surface area contributed by atoms with Crippen molar-refractivity contribution < 1.29 is 45.6 Å². The number of halogens is 3. The average molecular weight is 734 g/mol. The van der Waals surface area contributed by atoms with Gasteiger partial charge in [0.2, 0.25) is 0 Å². The van der Waals surface area contributed by atoms with Gasteiger partial charge in [-0.05, 0) is 80.2 Å². The fraction of sp³-hybridized carbons (Fsp3) is 0.0294. The first-order chi connectivity index (χ1) is 21.2. The molecule has 2 aromatic heterocycles. The third-order valence-corrected chi connectivity index (χ3v) is 8.48. The molecule has 5 aromatic rings. The van der Waals surface area contributed by atoms with Crippen molar-refractivity contribution in [3.8, 4) is 11.4 Å². The molecular weight excluding hydrogens is 705 g/mol. The molecule has 1 aliphatic carbocycles. The summed E-state index contributed by atoms with van der Waals surface area (Å²) in [6.45, 7) is 0. The van der Waals surface area contributed by atoms with Crippen LogP contribution in [-0.4, -0.2) is 28.4 Å². The SMILES string of the molecule is O=S(=O)([O-])C(F)(F)F.[CH]1[CH][CH][CH][CH]1.[Ru+2].c1ccc(-c2ccccn2)nc1.c1ccc(P(c2ccccc2)c2ccccc2)cc1. The van der Waals surface area contributed by atoms with Crippen LogP contribution in [0.5, 0.6) is 0 Å². The fourth-order valence-electron chi connectivity index (χ4n) is 3.53. The molecular formula is C34H28F3N2O3PRuS+. The van der Waals surface area contributed by atoms with E-state index in [0.29, 0.717) is 0 Å². The zero-order chi connectivity index (χ0) is 31.7. The molecule has 0 amide bonds. The van der Waals surface area contributed by atoms with Gasteiger partial charge in [-0.3, -0.25) is 9.97 Å². The van der Waals surface area contributed by atoms with Gasteiger partial charge >= 0.3 is 25.0 Å². The zero-order valence-electron chi connectivity index (χ0n) is 23.6. The normalized spacial score (nSPS) is 12.2. The van der Waals surface area contributed by atoms with Gasteiger partial charge in [0.15, 0.2) is 10.1 Å². The number of hydrogen-bond donors (Lipinski definition) is 0. The van der Waals surface area contributed by atoms with Crippen molar-refractivity contribution in [2.24, 2.45) is 0 Å². The minimum atomic E-state index is -6.09. The first kappa shape index (κ1) is 37.9. The van der Waals surface area contributed by atoms with Gasteiger partial charge in [0, 0.05) is 12.4 Å². The Labute approximate surface area is 277 Å². The Morgan fingerprint density at radius 3 is 1.00 bits per heavy atom. The topological polar surface area (TPSA) is 83.0 Å². The van der Waals surface area contributed by atoms with Crippen LogP contribution in [-0.2, 0) is 29.6 Å². The molecule has 231 valence electrons. The molecule has 5 nitrogen and oxygen atoms in total. The average Bonchev–Trinajstić information content (AvgIpc) is 3.64. The summed E-state index contributed by atoms with van der Waals surface area (Å²) in [5.74, 6) is 0. The molecule has 0 bridgehead atoms. The van der Waals surface area contributed by atoms with Crippen molar-refractivity contribution in [2.75, 3.05) is 0 Å². The van der Waals surface area contributed by atoms with Gasteiger partial charge in [-0.15, -0.1) is 0 Å². The summed E-state index contributed by atoms with van der Waals surface area (Å²) in [5.41, 5.74) is -3.82. The molecule has 11 heteroatoms. The molecule has 0 atom stereocenters. The summed E-state index contributed by atoms with van der Waals surface area (Å²) in [5, 5.41) is 4.19. The predicted molar refractivity (Wildman–Crippen MR) is 170 cm³/mol. The van der Waals surface area contributed by atoms with Gasteiger partial charge in [0.1, 0.15) is 0 Å². The predicted octanol–water partition coefficient (Wildman–Crippen LogP) is 6.66. The number of pyridine rings is 2. The molecule has 0 spiro atoms. The number of hydrogen-bond acceptors (Lipinski definition) is 5. The number of nitrogens with zero attached hydrogens (tertiary/aromatic N) is 2. The van der Waals surface area contributed by atoms with Crippen LogP contribution < -0.4 is 15.9 Å². The van der Waals surface area contributed by atoms with E-state index < -0.39 is 23.5 Å². The second kappa shape index (κ2) is 20.0. The molecule has 1 saturated carbocycles. The number of aromatic nitrogens is 2. The summed E-state index contributed by atoms with van der Waals surface area (Å²) in [4.78, 5) is 8.37. The monoisotopic (exact) mass is 734 g/mol. The molecule has 1 aliphatic rings. The Bertz CT molecular complexity index is 1440. The largest absolute Gasteiger partial charge is 2.00 e. The third-order valence-electron chi connectivity index (χ3n) is 5.47. The minimum absolute atomic E-state index is 0. The second-order valence-corrected chi connectivity index (χ2v) is 12.2. The maximum absolute atomic E-state index is 10.7. The molecule has 3 aromatic carbocycles. The Kier molecular flexibility index (Phi) is 16.8. The molecule has 6 rings (SSSR count). The smallest absolute Gasteiger partial charge is 0.741 e. The van der Waals surface area contributed by atoms with E-state index >= 15 is 0 Å². The summed E-state index contributed by atoms with van der Waals surface area (Å²) >= 11 is 0. The molecule has 2 heterocycles. The first-order valence-electron chi connectivity index (χ1n) is 13.1. The molecule has 1 fully saturated rings. The van der Waals surface area contributed by atoms with Crippen LogP contribution >= 0.6 is 7.92 Å². The Hall–Kier alpha value is -3.29. The number of benzene rings is 3. The van der Waals surface area contributed by atoms with E-state index in [4.69, 9.17) is 13.0 Å². The third kappa shape index (κ3) is 13.7. The van der Waals surface area contributed by atoms with Crippen molar-refractivity contribution >= 4 is 34.0 Å². The van der Waals surface area contributed by atoms with E-state index in [-0.39, 0.29) is 19.5 Å². The molecule has 45 heavy (non-hydrogen) atoms. The van der Waals surface area contributed by atoms with Crippen LogP contribution in [0.2, 0.25) is 0 Å².